The maximum absolute atomic E-state index is 11.8. The average Bonchev–Trinajstić information content (AvgIpc) is 2.69. The predicted octanol–water partition coefficient (Wildman–Crippen LogP) is 2.29. The molecule has 4 nitrogen and oxygen atoms in total. The zero-order chi connectivity index (χ0) is 12.8. The molecule has 0 bridgehead atoms. The maximum Gasteiger partial charge on any atom is 0.308 e. The molecule has 0 aliphatic carbocycles. The van der Waals surface area contributed by atoms with E-state index in [1.165, 1.54) is 11.3 Å². The van der Waals surface area contributed by atoms with Crippen LogP contribution in [-0.2, 0) is 4.79 Å². The van der Waals surface area contributed by atoms with Gasteiger partial charge >= 0.3 is 5.97 Å². The molecule has 1 rings (SSSR count). The molecule has 1 aromatic rings. The minimum absolute atomic E-state index is 0.189. The van der Waals surface area contributed by atoms with Gasteiger partial charge in [-0.05, 0) is 24.3 Å². The van der Waals surface area contributed by atoms with Gasteiger partial charge in [0.15, 0.2) is 0 Å². The minimum atomic E-state index is -0.853. The van der Waals surface area contributed by atoms with Gasteiger partial charge < -0.3 is 10.4 Å². The SMILES string of the molecule is CCCC(CNC(=O)c1cscc1C)C(=O)O. The van der Waals surface area contributed by atoms with Gasteiger partial charge in [0.05, 0.1) is 11.5 Å². The number of nitrogens with one attached hydrogen (secondary N) is 1. The second kappa shape index (κ2) is 6.39. The summed E-state index contributed by atoms with van der Waals surface area (Å²) in [5.74, 6) is -1.54. The highest BCUT2D eigenvalue weighted by molar-refractivity contribution is 7.08. The van der Waals surface area contributed by atoms with Crippen LogP contribution in [0.1, 0.15) is 35.7 Å². The third kappa shape index (κ3) is 3.85. The van der Waals surface area contributed by atoms with Gasteiger partial charge in [-0.2, -0.15) is 11.3 Å². The lowest BCUT2D eigenvalue weighted by atomic mass is 10.0. The Morgan fingerprint density at radius 2 is 2.18 bits per heavy atom. The van der Waals surface area contributed by atoms with Crippen LogP contribution in [0, 0.1) is 12.8 Å². The van der Waals surface area contributed by atoms with Crippen molar-refractivity contribution < 1.29 is 14.7 Å². The van der Waals surface area contributed by atoms with E-state index < -0.39 is 11.9 Å². The molecule has 0 fully saturated rings. The lowest BCUT2D eigenvalue weighted by Crippen LogP contribution is -2.33. The molecule has 1 unspecified atom stereocenters. The molecule has 5 heteroatoms. The van der Waals surface area contributed by atoms with Crippen molar-refractivity contribution in [1.29, 1.82) is 0 Å². The minimum Gasteiger partial charge on any atom is -0.481 e. The summed E-state index contributed by atoms with van der Waals surface area (Å²) in [5.41, 5.74) is 1.56. The van der Waals surface area contributed by atoms with E-state index >= 15 is 0 Å². The van der Waals surface area contributed by atoms with E-state index in [4.69, 9.17) is 5.11 Å². The molecule has 1 heterocycles. The number of hydrogen-bond acceptors (Lipinski definition) is 3. The molecule has 17 heavy (non-hydrogen) atoms. The van der Waals surface area contributed by atoms with Gasteiger partial charge in [-0.15, -0.1) is 0 Å². The van der Waals surface area contributed by atoms with E-state index in [1.807, 2.05) is 19.2 Å². The van der Waals surface area contributed by atoms with Crippen LogP contribution in [0.5, 0.6) is 0 Å². The second-order valence-electron chi connectivity index (χ2n) is 4.00. The van der Waals surface area contributed by atoms with Crippen LogP contribution >= 0.6 is 11.3 Å². The van der Waals surface area contributed by atoms with E-state index in [9.17, 15) is 9.59 Å². The summed E-state index contributed by atoms with van der Waals surface area (Å²) >= 11 is 1.47. The summed E-state index contributed by atoms with van der Waals surface area (Å²) in [7, 11) is 0. The monoisotopic (exact) mass is 255 g/mol. The van der Waals surface area contributed by atoms with E-state index in [-0.39, 0.29) is 12.5 Å². The fourth-order valence-corrected chi connectivity index (χ4v) is 2.39. The van der Waals surface area contributed by atoms with Crippen molar-refractivity contribution in [2.75, 3.05) is 6.54 Å². The fourth-order valence-electron chi connectivity index (χ4n) is 1.57. The lowest BCUT2D eigenvalue weighted by molar-refractivity contribution is -0.141. The molecule has 0 aliphatic heterocycles. The van der Waals surface area contributed by atoms with Gasteiger partial charge in [-0.3, -0.25) is 9.59 Å². The van der Waals surface area contributed by atoms with Crippen molar-refractivity contribution in [3.05, 3.63) is 21.9 Å². The highest BCUT2D eigenvalue weighted by Gasteiger charge is 2.18. The van der Waals surface area contributed by atoms with Crippen molar-refractivity contribution in [3.63, 3.8) is 0 Å². The summed E-state index contributed by atoms with van der Waals surface area (Å²) in [4.78, 5) is 22.7. The second-order valence-corrected chi connectivity index (χ2v) is 4.75. The zero-order valence-electron chi connectivity index (χ0n) is 10.0. The van der Waals surface area contributed by atoms with E-state index in [0.717, 1.165) is 12.0 Å². The van der Waals surface area contributed by atoms with Crippen LogP contribution in [0.25, 0.3) is 0 Å². The van der Waals surface area contributed by atoms with Crippen molar-refractivity contribution in [1.82, 2.24) is 5.32 Å². The van der Waals surface area contributed by atoms with E-state index in [1.54, 1.807) is 5.38 Å². The molecular weight excluding hydrogens is 238 g/mol. The van der Waals surface area contributed by atoms with Crippen LogP contribution in [0.2, 0.25) is 0 Å². The summed E-state index contributed by atoms with van der Waals surface area (Å²) in [5, 5.41) is 15.3. The first-order chi connectivity index (χ1) is 8.06. The van der Waals surface area contributed by atoms with Gasteiger partial charge in [-0.25, -0.2) is 0 Å². The molecule has 0 spiro atoms. The number of hydrogen-bond donors (Lipinski definition) is 2. The number of aliphatic carboxylic acids is 1. The first-order valence-corrected chi connectivity index (χ1v) is 6.54. The van der Waals surface area contributed by atoms with E-state index in [2.05, 4.69) is 5.32 Å². The Hall–Kier alpha value is -1.36. The Bertz CT molecular complexity index is 400. The quantitative estimate of drug-likeness (QED) is 0.819. The first kappa shape index (κ1) is 13.7. The number of amides is 1. The Balaban J connectivity index is 2.52. The van der Waals surface area contributed by atoms with Crippen molar-refractivity contribution in [2.24, 2.45) is 5.92 Å². The first-order valence-electron chi connectivity index (χ1n) is 5.60. The van der Waals surface area contributed by atoms with Gasteiger partial charge in [0.2, 0.25) is 0 Å². The molecule has 0 radical (unpaired) electrons. The van der Waals surface area contributed by atoms with Gasteiger partial charge in [0.25, 0.3) is 5.91 Å². The Morgan fingerprint density at radius 3 is 2.65 bits per heavy atom. The molecule has 0 aliphatic rings. The number of carboxylic acid groups (broad SMARTS) is 1. The predicted molar refractivity (Wildman–Crippen MR) is 67.4 cm³/mol. The van der Waals surface area contributed by atoms with Crippen LogP contribution < -0.4 is 5.32 Å². The third-order valence-corrected chi connectivity index (χ3v) is 3.46. The third-order valence-electron chi connectivity index (χ3n) is 2.60. The molecule has 94 valence electrons. The number of thiophene rings is 1. The summed E-state index contributed by atoms with van der Waals surface area (Å²) < 4.78 is 0. The van der Waals surface area contributed by atoms with Gasteiger partial charge in [0.1, 0.15) is 0 Å². The number of carboxylic acids is 1. The van der Waals surface area contributed by atoms with Crippen LogP contribution in [0.3, 0.4) is 0 Å². The summed E-state index contributed by atoms with van der Waals surface area (Å²) in [6.45, 7) is 3.99. The molecule has 1 atom stereocenters. The molecule has 2 N–H and O–H groups in total. The number of rotatable bonds is 6. The largest absolute Gasteiger partial charge is 0.481 e. The standard InChI is InChI=1S/C12H17NO3S/c1-3-4-9(12(15)16)5-13-11(14)10-7-17-6-8(10)2/h6-7,9H,3-5H2,1-2H3,(H,13,14)(H,15,16). The topological polar surface area (TPSA) is 66.4 Å². The molecule has 0 saturated carbocycles. The number of carbonyl (C=O) groups excluding carboxylic acids is 1. The van der Waals surface area contributed by atoms with Crippen molar-refractivity contribution in [3.8, 4) is 0 Å². The van der Waals surface area contributed by atoms with Crippen molar-refractivity contribution >= 4 is 23.2 Å². The molecule has 1 aromatic heterocycles. The van der Waals surface area contributed by atoms with Crippen molar-refractivity contribution in [2.45, 2.75) is 26.7 Å². The maximum atomic E-state index is 11.8. The summed E-state index contributed by atoms with van der Waals surface area (Å²) in [6.07, 6.45) is 1.38. The Labute approximate surface area is 105 Å². The normalized spacial score (nSPS) is 12.1. The molecule has 0 saturated heterocycles. The molecule has 1 amide bonds. The van der Waals surface area contributed by atoms with Gasteiger partial charge in [0, 0.05) is 11.9 Å². The molecule has 0 aromatic carbocycles. The average molecular weight is 255 g/mol. The van der Waals surface area contributed by atoms with Crippen LogP contribution in [-0.4, -0.2) is 23.5 Å². The number of aryl methyl sites for hydroxylation is 1. The lowest BCUT2D eigenvalue weighted by Gasteiger charge is -2.12. The van der Waals surface area contributed by atoms with E-state index in [0.29, 0.717) is 12.0 Å². The highest BCUT2D eigenvalue weighted by atomic mass is 32.1. The smallest absolute Gasteiger partial charge is 0.308 e. The Kier molecular flexibility index (Phi) is 5.15. The summed E-state index contributed by atoms with van der Waals surface area (Å²) in [6, 6.07) is 0. The van der Waals surface area contributed by atoms with Crippen LogP contribution in [0.4, 0.5) is 0 Å². The number of carbonyl (C=O) groups is 2. The van der Waals surface area contributed by atoms with Crippen LogP contribution in [0.15, 0.2) is 10.8 Å². The zero-order valence-corrected chi connectivity index (χ0v) is 10.8. The van der Waals surface area contributed by atoms with Gasteiger partial charge in [-0.1, -0.05) is 13.3 Å². The Morgan fingerprint density at radius 1 is 1.47 bits per heavy atom. The molecular formula is C12H17NO3S. The highest BCUT2D eigenvalue weighted by Crippen LogP contribution is 2.13. The fraction of sp³-hybridized carbons (Fsp3) is 0.500.